The molecule has 1 rings (SSSR count). The van der Waals surface area contributed by atoms with E-state index in [0.29, 0.717) is 6.04 Å². The van der Waals surface area contributed by atoms with Crippen LogP contribution in [0, 0.1) is 0 Å². The minimum absolute atomic E-state index is 0.265. The summed E-state index contributed by atoms with van der Waals surface area (Å²) in [4.78, 5) is 1.99. The Morgan fingerprint density at radius 2 is 2.42 bits per heavy atom. The predicted octanol–water partition coefficient (Wildman–Crippen LogP) is 0.955. The van der Waals surface area contributed by atoms with Crippen molar-refractivity contribution in [2.75, 3.05) is 6.54 Å². The van der Waals surface area contributed by atoms with E-state index in [4.69, 9.17) is 10.9 Å². The maximum atomic E-state index is 8.52. The van der Waals surface area contributed by atoms with Crippen molar-refractivity contribution >= 4 is 5.96 Å². The third kappa shape index (κ3) is 1.81. The van der Waals surface area contributed by atoms with Gasteiger partial charge in [-0.15, -0.1) is 0 Å². The average molecular weight is 171 g/mol. The molecule has 0 saturated carbocycles. The molecule has 3 N–H and O–H groups in total. The minimum Gasteiger partial charge on any atom is -0.408 e. The molecule has 1 saturated heterocycles. The Morgan fingerprint density at radius 3 is 3.00 bits per heavy atom. The van der Waals surface area contributed by atoms with Crippen molar-refractivity contribution in [2.24, 2.45) is 10.9 Å². The maximum absolute atomic E-state index is 8.52. The monoisotopic (exact) mass is 171 g/mol. The van der Waals surface area contributed by atoms with E-state index in [1.54, 1.807) is 0 Å². The highest BCUT2D eigenvalue weighted by Gasteiger charge is 2.22. The number of guanidine groups is 1. The molecule has 0 radical (unpaired) electrons. The lowest BCUT2D eigenvalue weighted by molar-refractivity contribution is 0.217. The number of oxime groups is 1. The first-order valence-corrected chi connectivity index (χ1v) is 4.53. The fourth-order valence-electron chi connectivity index (χ4n) is 1.78. The second kappa shape index (κ2) is 4.18. The van der Waals surface area contributed by atoms with Gasteiger partial charge in [-0.05, 0) is 25.7 Å². The number of rotatable bonds is 1. The van der Waals surface area contributed by atoms with Crippen LogP contribution in [0.5, 0.6) is 0 Å². The summed E-state index contributed by atoms with van der Waals surface area (Å²) in [7, 11) is 0. The zero-order valence-electron chi connectivity index (χ0n) is 7.53. The van der Waals surface area contributed by atoms with Crippen LogP contribution < -0.4 is 5.73 Å². The maximum Gasteiger partial charge on any atom is 0.233 e. The van der Waals surface area contributed by atoms with Crippen LogP contribution in [0.3, 0.4) is 0 Å². The molecule has 1 unspecified atom stereocenters. The summed E-state index contributed by atoms with van der Waals surface area (Å²) in [5, 5.41) is 11.6. The van der Waals surface area contributed by atoms with Crippen molar-refractivity contribution in [1.29, 1.82) is 0 Å². The van der Waals surface area contributed by atoms with E-state index >= 15 is 0 Å². The Bertz CT molecular complexity index is 170. The van der Waals surface area contributed by atoms with Gasteiger partial charge < -0.3 is 15.8 Å². The molecular formula is C8H17N3O. The molecule has 0 aromatic heterocycles. The van der Waals surface area contributed by atoms with E-state index in [-0.39, 0.29) is 5.96 Å². The SMILES string of the molecule is CCC1CCCCN1/C(N)=N/O. The Morgan fingerprint density at radius 1 is 1.67 bits per heavy atom. The van der Waals surface area contributed by atoms with Crippen LogP contribution in [0.15, 0.2) is 5.16 Å². The average Bonchev–Trinajstić information content (AvgIpc) is 2.16. The van der Waals surface area contributed by atoms with Crippen molar-refractivity contribution in [1.82, 2.24) is 4.90 Å². The summed E-state index contributed by atoms with van der Waals surface area (Å²) in [6.07, 6.45) is 4.63. The summed E-state index contributed by atoms with van der Waals surface area (Å²) < 4.78 is 0. The summed E-state index contributed by atoms with van der Waals surface area (Å²) in [5.41, 5.74) is 5.54. The van der Waals surface area contributed by atoms with E-state index in [1.165, 1.54) is 6.42 Å². The van der Waals surface area contributed by atoms with E-state index in [1.807, 2.05) is 4.90 Å². The quantitative estimate of drug-likeness (QED) is 0.267. The molecule has 0 bridgehead atoms. The number of nitrogens with zero attached hydrogens (tertiary/aromatic N) is 2. The normalized spacial score (nSPS) is 25.9. The van der Waals surface area contributed by atoms with Gasteiger partial charge in [0.1, 0.15) is 0 Å². The number of nitrogens with two attached hydrogens (primary N) is 1. The van der Waals surface area contributed by atoms with Crippen molar-refractivity contribution in [3.05, 3.63) is 0 Å². The standard InChI is InChI=1S/C8H17N3O/c1-2-7-5-3-4-6-11(7)8(9)10-12/h7,12H,2-6H2,1H3,(H2,9,10). The first-order valence-electron chi connectivity index (χ1n) is 4.53. The Labute approximate surface area is 73.0 Å². The van der Waals surface area contributed by atoms with Gasteiger partial charge in [0, 0.05) is 12.6 Å². The molecule has 70 valence electrons. The Hall–Kier alpha value is -0.930. The first-order chi connectivity index (χ1) is 5.79. The summed E-state index contributed by atoms with van der Waals surface area (Å²) >= 11 is 0. The van der Waals surface area contributed by atoms with Crippen molar-refractivity contribution in [3.8, 4) is 0 Å². The van der Waals surface area contributed by atoms with Crippen LogP contribution in [-0.2, 0) is 0 Å². The number of hydrogen-bond donors (Lipinski definition) is 2. The molecule has 1 atom stereocenters. The van der Waals surface area contributed by atoms with Gasteiger partial charge in [0.25, 0.3) is 0 Å². The number of hydrogen-bond acceptors (Lipinski definition) is 2. The van der Waals surface area contributed by atoms with Crippen LogP contribution in [0.4, 0.5) is 0 Å². The van der Waals surface area contributed by atoms with Gasteiger partial charge in [0.2, 0.25) is 5.96 Å². The number of likely N-dealkylation sites (tertiary alicyclic amines) is 1. The molecule has 0 amide bonds. The van der Waals surface area contributed by atoms with Gasteiger partial charge in [0.15, 0.2) is 0 Å². The predicted molar refractivity (Wildman–Crippen MR) is 48.0 cm³/mol. The highest BCUT2D eigenvalue weighted by Crippen LogP contribution is 2.18. The van der Waals surface area contributed by atoms with Gasteiger partial charge in [-0.1, -0.05) is 12.1 Å². The van der Waals surface area contributed by atoms with Gasteiger partial charge in [-0.3, -0.25) is 0 Å². The third-order valence-electron chi connectivity index (χ3n) is 2.50. The Balaban J connectivity index is 2.58. The van der Waals surface area contributed by atoms with Crippen molar-refractivity contribution in [2.45, 2.75) is 38.6 Å². The molecule has 0 aromatic carbocycles. The molecule has 0 aliphatic carbocycles. The molecular weight excluding hydrogens is 154 g/mol. The molecule has 12 heavy (non-hydrogen) atoms. The Kier molecular flexibility index (Phi) is 3.19. The van der Waals surface area contributed by atoms with E-state index < -0.39 is 0 Å². The van der Waals surface area contributed by atoms with Gasteiger partial charge >= 0.3 is 0 Å². The van der Waals surface area contributed by atoms with Crippen LogP contribution in [-0.4, -0.2) is 28.7 Å². The summed E-state index contributed by atoms with van der Waals surface area (Å²) in [6, 6.07) is 0.467. The fourth-order valence-corrected chi connectivity index (χ4v) is 1.78. The van der Waals surface area contributed by atoms with Crippen molar-refractivity contribution in [3.63, 3.8) is 0 Å². The first kappa shape index (κ1) is 9.16. The highest BCUT2D eigenvalue weighted by molar-refractivity contribution is 5.77. The fraction of sp³-hybridized carbons (Fsp3) is 0.875. The van der Waals surface area contributed by atoms with E-state index in [9.17, 15) is 0 Å². The third-order valence-corrected chi connectivity index (χ3v) is 2.50. The van der Waals surface area contributed by atoms with Gasteiger partial charge in [0.05, 0.1) is 0 Å². The summed E-state index contributed by atoms with van der Waals surface area (Å²) in [6.45, 7) is 3.06. The lowest BCUT2D eigenvalue weighted by Gasteiger charge is -2.35. The van der Waals surface area contributed by atoms with E-state index in [0.717, 1.165) is 25.8 Å². The van der Waals surface area contributed by atoms with Gasteiger partial charge in [-0.2, -0.15) is 0 Å². The zero-order valence-corrected chi connectivity index (χ0v) is 7.53. The molecule has 0 aromatic rings. The second-order valence-corrected chi connectivity index (χ2v) is 3.21. The molecule has 1 aliphatic heterocycles. The molecule has 4 heteroatoms. The largest absolute Gasteiger partial charge is 0.408 e. The van der Waals surface area contributed by atoms with Gasteiger partial charge in [-0.25, -0.2) is 0 Å². The molecule has 1 heterocycles. The van der Waals surface area contributed by atoms with Crippen LogP contribution in [0.25, 0.3) is 0 Å². The molecule has 0 spiro atoms. The minimum atomic E-state index is 0.265. The number of piperidine rings is 1. The smallest absolute Gasteiger partial charge is 0.233 e. The van der Waals surface area contributed by atoms with Crippen LogP contribution in [0.1, 0.15) is 32.6 Å². The van der Waals surface area contributed by atoms with Crippen LogP contribution in [0.2, 0.25) is 0 Å². The lowest BCUT2D eigenvalue weighted by Crippen LogP contribution is -2.47. The summed E-state index contributed by atoms with van der Waals surface area (Å²) in [5.74, 6) is 0.265. The second-order valence-electron chi connectivity index (χ2n) is 3.21. The van der Waals surface area contributed by atoms with E-state index in [2.05, 4.69) is 12.1 Å². The van der Waals surface area contributed by atoms with Crippen LogP contribution >= 0.6 is 0 Å². The zero-order chi connectivity index (χ0) is 8.97. The molecule has 1 aliphatic rings. The topological polar surface area (TPSA) is 61.8 Å². The highest BCUT2D eigenvalue weighted by atomic mass is 16.4. The molecule has 1 fully saturated rings. The lowest BCUT2D eigenvalue weighted by atomic mass is 10.0. The van der Waals surface area contributed by atoms with Crippen molar-refractivity contribution < 1.29 is 5.21 Å². The molecule has 4 nitrogen and oxygen atoms in total.